The number of para-hydroxylation sites is 1. The molecule has 0 saturated heterocycles. The van der Waals surface area contributed by atoms with E-state index < -0.39 is 23.9 Å². The van der Waals surface area contributed by atoms with Crippen molar-refractivity contribution in [2.24, 2.45) is 5.10 Å². The van der Waals surface area contributed by atoms with Crippen molar-refractivity contribution in [1.82, 2.24) is 16.1 Å². The molecule has 0 unspecified atom stereocenters. The average molecular weight is 589 g/mol. The molecule has 0 spiro atoms. The number of ether oxygens (including phenoxy) is 3. The van der Waals surface area contributed by atoms with Crippen molar-refractivity contribution in [1.29, 1.82) is 0 Å². The molecule has 1 aliphatic rings. The second-order valence-corrected chi connectivity index (χ2v) is 8.96. The summed E-state index contributed by atoms with van der Waals surface area (Å²) in [6.07, 6.45) is 1.44. The number of benzene rings is 2. The molecule has 0 aromatic heterocycles. The maximum Gasteiger partial charge on any atom is 0.338 e. The Morgan fingerprint density at radius 2 is 1.95 bits per heavy atom. The van der Waals surface area contributed by atoms with Crippen LogP contribution in [0.5, 0.6) is 11.5 Å². The predicted octanol–water partition coefficient (Wildman–Crippen LogP) is 3.26. The van der Waals surface area contributed by atoms with Gasteiger partial charge in [-0.15, -0.1) is 0 Å². The number of amides is 1. The van der Waals surface area contributed by atoms with Crippen molar-refractivity contribution < 1.29 is 28.6 Å². The minimum absolute atomic E-state index is 0.221. The van der Waals surface area contributed by atoms with E-state index in [4.69, 9.17) is 26.4 Å². The van der Waals surface area contributed by atoms with Crippen LogP contribution >= 0.6 is 28.1 Å². The lowest BCUT2D eigenvalue weighted by molar-refractivity contribution is -0.139. The molecule has 0 aliphatic carbocycles. The fraction of sp³-hybridized carbons (Fsp3) is 0.240. The lowest BCUT2D eigenvalue weighted by Gasteiger charge is -2.30. The number of thiocarbonyl (C=S) groups is 1. The van der Waals surface area contributed by atoms with Crippen LogP contribution in [0.2, 0.25) is 0 Å². The quantitative estimate of drug-likeness (QED) is 0.133. The fourth-order valence-electron chi connectivity index (χ4n) is 3.45. The third-order valence-electron chi connectivity index (χ3n) is 4.97. The monoisotopic (exact) mass is 588 g/mol. The molecule has 194 valence electrons. The number of halogens is 1. The van der Waals surface area contributed by atoms with E-state index in [9.17, 15) is 14.4 Å². The number of nitrogens with one attached hydrogen (secondary N) is 3. The summed E-state index contributed by atoms with van der Waals surface area (Å²) in [5.74, 6) is -0.642. The topological polar surface area (TPSA) is 127 Å². The largest absolute Gasteiger partial charge is 0.483 e. The number of carbonyl (C=O) groups is 3. The lowest BCUT2D eigenvalue weighted by atomic mass is 9.95. The van der Waals surface area contributed by atoms with Crippen LogP contribution in [0.25, 0.3) is 0 Å². The van der Waals surface area contributed by atoms with Gasteiger partial charge in [0.15, 0.2) is 11.7 Å². The minimum atomic E-state index is -0.626. The van der Waals surface area contributed by atoms with Crippen LogP contribution in [0.4, 0.5) is 0 Å². The third kappa shape index (κ3) is 7.61. The number of hydrogen-bond acceptors (Lipinski definition) is 8. The fourth-order valence-corrected chi connectivity index (χ4v) is 4.19. The molecule has 2 aromatic rings. The molecule has 3 N–H and O–H groups in total. The summed E-state index contributed by atoms with van der Waals surface area (Å²) in [5, 5.41) is 10.3. The molecule has 0 fully saturated rings. The van der Waals surface area contributed by atoms with Gasteiger partial charge < -0.3 is 24.8 Å². The molecule has 1 heterocycles. The van der Waals surface area contributed by atoms with Gasteiger partial charge in [-0.3, -0.25) is 9.59 Å². The number of hydrogen-bond donors (Lipinski definition) is 3. The zero-order chi connectivity index (χ0) is 26.9. The van der Waals surface area contributed by atoms with E-state index in [-0.39, 0.29) is 13.2 Å². The summed E-state index contributed by atoms with van der Waals surface area (Å²) >= 11 is 8.60. The lowest BCUT2D eigenvalue weighted by Crippen LogP contribution is -2.45. The van der Waals surface area contributed by atoms with Gasteiger partial charge in [0.25, 0.3) is 5.91 Å². The Kier molecular flexibility index (Phi) is 9.75. The van der Waals surface area contributed by atoms with E-state index in [1.165, 1.54) is 13.1 Å². The zero-order valence-electron chi connectivity index (χ0n) is 20.3. The van der Waals surface area contributed by atoms with Gasteiger partial charge in [-0.2, -0.15) is 5.10 Å². The summed E-state index contributed by atoms with van der Waals surface area (Å²) < 4.78 is 16.6. The number of hydrazone groups is 1. The molecule has 1 aliphatic heterocycles. The van der Waals surface area contributed by atoms with Crippen LogP contribution in [0, 0.1) is 0 Å². The average Bonchev–Trinajstić information content (AvgIpc) is 2.84. The molecular formula is C25H25BrN4O6S. The van der Waals surface area contributed by atoms with Crippen LogP contribution in [0.15, 0.2) is 63.3 Å². The highest BCUT2D eigenvalue weighted by molar-refractivity contribution is 9.10. The van der Waals surface area contributed by atoms with Gasteiger partial charge in [0, 0.05) is 18.2 Å². The van der Waals surface area contributed by atoms with Crippen LogP contribution in [-0.4, -0.2) is 42.4 Å². The first-order chi connectivity index (χ1) is 17.7. The van der Waals surface area contributed by atoms with E-state index in [1.54, 1.807) is 56.3 Å². The van der Waals surface area contributed by atoms with Crippen molar-refractivity contribution in [2.75, 3.05) is 13.2 Å². The van der Waals surface area contributed by atoms with Gasteiger partial charge in [-0.05, 0) is 71.8 Å². The maximum atomic E-state index is 12.6. The second-order valence-electron chi connectivity index (χ2n) is 7.69. The van der Waals surface area contributed by atoms with Crippen molar-refractivity contribution in [2.45, 2.75) is 26.8 Å². The maximum absolute atomic E-state index is 12.6. The summed E-state index contributed by atoms with van der Waals surface area (Å²) in [4.78, 5) is 36.1. The Hall–Kier alpha value is -3.77. The Morgan fingerprint density at radius 3 is 2.65 bits per heavy atom. The molecule has 37 heavy (non-hydrogen) atoms. The van der Waals surface area contributed by atoms with E-state index in [1.807, 2.05) is 0 Å². The Bertz CT molecular complexity index is 1280. The molecule has 1 amide bonds. The summed E-state index contributed by atoms with van der Waals surface area (Å²) in [6, 6.07) is 11.4. The first-order valence-corrected chi connectivity index (χ1v) is 12.4. The van der Waals surface area contributed by atoms with E-state index >= 15 is 0 Å². The Balaban J connectivity index is 1.67. The summed E-state index contributed by atoms with van der Waals surface area (Å²) in [7, 11) is 0. The number of carbonyl (C=O) groups excluding carboxylic acids is 3. The smallest absolute Gasteiger partial charge is 0.338 e. The molecule has 2 aromatic carbocycles. The normalized spacial score (nSPS) is 15.0. The van der Waals surface area contributed by atoms with E-state index in [0.717, 1.165) is 0 Å². The van der Waals surface area contributed by atoms with Crippen LogP contribution in [-0.2, 0) is 19.1 Å². The zero-order valence-corrected chi connectivity index (χ0v) is 22.7. The number of nitrogens with zero attached hydrogens (tertiary/aromatic N) is 1. The molecular weight excluding hydrogens is 564 g/mol. The van der Waals surface area contributed by atoms with Crippen molar-refractivity contribution >= 4 is 57.3 Å². The van der Waals surface area contributed by atoms with Gasteiger partial charge in [0.05, 0.1) is 28.9 Å². The molecule has 0 radical (unpaired) electrons. The van der Waals surface area contributed by atoms with Gasteiger partial charge in [-0.1, -0.05) is 18.2 Å². The standard InChI is InChI=1S/C25H25BrN4O6S/c1-4-34-24(33)22-14(2)28-25(37)29-23(22)17-7-5-6-8-19(17)35-13-21(32)30-27-12-16-9-10-20(18(26)11-16)36-15(3)31/h5-12,23H,4,13H2,1-3H3,(H,30,32)(H2,28,29,37)/t23-/m1/s1. The van der Waals surface area contributed by atoms with Crippen molar-refractivity contribution in [3.05, 3.63) is 69.3 Å². The third-order valence-corrected chi connectivity index (χ3v) is 5.81. The van der Waals surface area contributed by atoms with Crippen LogP contribution in [0.3, 0.4) is 0 Å². The van der Waals surface area contributed by atoms with Gasteiger partial charge in [-0.25, -0.2) is 10.2 Å². The van der Waals surface area contributed by atoms with Gasteiger partial charge >= 0.3 is 11.9 Å². The SMILES string of the molecule is CCOC(=O)C1=C(C)NC(=S)N[C@@H]1c1ccccc1OCC(=O)NN=Cc1ccc(OC(C)=O)c(Br)c1. The van der Waals surface area contributed by atoms with Gasteiger partial charge in [0.1, 0.15) is 11.5 Å². The van der Waals surface area contributed by atoms with Crippen molar-refractivity contribution in [3.63, 3.8) is 0 Å². The van der Waals surface area contributed by atoms with Gasteiger partial charge in [0.2, 0.25) is 0 Å². The first-order valence-electron chi connectivity index (χ1n) is 11.2. The molecule has 10 nitrogen and oxygen atoms in total. The number of esters is 2. The summed E-state index contributed by atoms with van der Waals surface area (Å²) in [5.41, 5.74) is 4.61. The minimum Gasteiger partial charge on any atom is -0.483 e. The van der Waals surface area contributed by atoms with Crippen LogP contribution in [0.1, 0.15) is 37.9 Å². The highest BCUT2D eigenvalue weighted by Gasteiger charge is 2.32. The van der Waals surface area contributed by atoms with Crippen molar-refractivity contribution in [3.8, 4) is 11.5 Å². The molecule has 0 bridgehead atoms. The first kappa shape index (κ1) is 27.8. The number of rotatable bonds is 9. The van der Waals surface area contributed by atoms with E-state index in [0.29, 0.717) is 43.5 Å². The van der Waals surface area contributed by atoms with E-state index in [2.05, 4.69) is 37.1 Å². The Morgan fingerprint density at radius 1 is 1.19 bits per heavy atom. The summed E-state index contributed by atoms with van der Waals surface area (Å²) in [6.45, 7) is 4.68. The molecule has 3 rings (SSSR count). The molecule has 12 heteroatoms. The Labute approximate surface area is 227 Å². The van der Waals surface area contributed by atoms with Crippen LogP contribution < -0.4 is 25.5 Å². The predicted molar refractivity (Wildman–Crippen MR) is 144 cm³/mol. The highest BCUT2D eigenvalue weighted by atomic mass is 79.9. The second kappa shape index (κ2) is 13.0. The molecule has 0 saturated carbocycles. The molecule has 1 atom stereocenters. The highest BCUT2D eigenvalue weighted by Crippen LogP contribution is 2.33. The number of allylic oxidation sites excluding steroid dienone is 1.